The first-order valence-corrected chi connectivity index (χ1v) is 13.0. The molecule has 34 heavy (non-hydrogen) atoms. The van der Waals surface area contributed by atoms with E-state index >= 15 is 0 Å². The second-order valence-corrected chi connectivity index (χ2v) is 11.1. The Morgan fingerprint density at radius 3 is 2.26 bits per heavy atom. The SMILES string of the molecule is O=C(NC1CC1)c1ccc(N2[C@@H]3CC[C@H]2CC(NC(=O)C2(c4ccc(Cl)cc4Cl)CC2)C3)nc1. The molecule has 2 bridgehead atoms. The molecule has 4 fully saturated rings. The minimum absolute atomic E-state index is 0.0410. The number of nitrogens with one attached hydrogen (secondary N) is 2. The molecule has 3 heterocycles. The Morgan fingerprint density at radius 1 is 0.941 bits per heavy atom. The predicted molar refractivity (Wildman–Crippen MR) is 133 cm³/mol. The van der Waals surface area contributed by atoms with Crippen molar-refractivity contribution in [3.05, 3.63) is 57.7 Å². The van der Waals surface area contributed by atoms with Crippen LogP contribution in [0.25, 0.3) is 0 Å². The van der Waals surface area contributed by atoms with Gasteiger partial charge in [0, 0.05) is 40.4 Å². The number of rotatable bonds is 6. The molecule has 8 heteroatoms. The molecule has 2 saturated heterocycles. The highest BCUT2D eigenvalue weighted by Gasteiger charge is 2.53. The lowest BCUT2D eigenvalue weighted by Crippen LogP contribution is -2.52. The number of amides is 2. The number of benzene rings is 1. The van der Waals surface area contributed by atoms with Crippen LogP contribution >= 0.6 is 23.2 Å². The minimum Gasteiger partial charge on any atom is -0.352 e. The average molecular weight is 499 g/mol. The molecule has 2 aromatic rings. The first-order valence-electron chi connectivity index (χ1n) is 12.2. The number of carbonyl (C=O) groups excluding carboxylic acids is 2. The van der Waals surface area contributed by atoms with Gasteiger partial charge in [-0.15, -0.1) is 0 Å². The number of halogens is 2. The van der Waals surface area contributed by atoms with Gasteiger partial charge in [0.15, 0.2) is 0 Å². The minimum atomic E-state index is -0.518. The number of anilines is 1. The van der Waals surface area contributed by atoms with Crippen LogP contribution in [0.15, 0.2) is 36.5 Å². The highest BCUT2D eigenvalue weighted by Crippen LogP contribution is 2.51. The zero-order valence-electron chi connectivity index (χ0n) is 18.9. The lowest BCUT2D eigenvalue weighted by atomic mass is 9.92. The highest BCUT2D eigenvalue weighted by molar-refractivity contribution is 6.35. The Morgan fingerprint density at radius 2 is 1.68 bits per heavy atom. The average Bonchev–Trinajstić information content (AvgIpc) is 3.73. The van der Waals surface area contributed by atoms with Crippen molar-refractivity contribution in [1.29, 1.82) is 0 Å². The molecule has 6 nitrogen and oxygen atoms in total. The van der Waals surface area contributed by atoms with E-state index in [1.54, 1.807) is 12.3 Å². The van der Waals surface area contributed by atoms with Gasteiger partial charge in [-0.3, -0.25) is 9.59 Å². The molecule has 4 aliphatic rings. The summed E-state index contributed by atoms with van der Waals surface area (Å²) in [5, 5.41) is 7.51. The van der Waals surface area contributed by atoms with Crippen LogP contribution in [0, 0.1) is 0 Å². The zero-order chi connectivity index (χ0) is 23.4. The molecule has 2 aliphatic heterocycles. The van der Waals surface area contributed by atoms with Gasteiger partial charge in [-0.25, -0.2) is 4.98 Å². The second-order valence-electron chi connectivity index (χ2n) is 10.3. The molecular formula is C26H28Cl2N4O2. The summed E-state index contributed by atoms with van der Waals surface area (Å²) >= 11 is 12.5. The lowest BCUT2D eigenvalue weighted by Gasteiger charge is -2.40. The first-order chi connectivity index (χ1) is 16.4. The van der Waals surface area contributed by atoms with Gasteiger partial charge in [-0.05, 0) is 81.2 Å². The molecule has 3 atom stereocenters. The Labute approximate surface area is 209 Å². The third-order valence-corrected chi connectivity index (χ3v) is 8.43. The molecule has 2 amide bonds. The van der Waals surface area contributed by atoms with Crippen LogP contribution in [0.4, 0.5) is 5.82 Å². The second kappa shape index (κ2) is 8.42. The van der Waals surface area contributed by atoms with Gasteiger partial charge >= 0.3 is 0 Å². The van der Waals surface area contributed by atoms with Gasteiger partial charge < -0.3 is 15.5 Å². The number of nitrogens with zero attached hydrogens (tertiary/aromatic N) is 2. The van der Waals surface area contributed by atoms with Gasteiger partial charge in [-0.2, -0.15) is 0 Å². The largest absolute Gasteiger partial charge is 0.352 e. The maximum Gasteiger partial charge on any atom is 0.253 e. The molecule has 178 valence electrons. The van der Waals surface area contributed by atoms with Crippen molar-refractivity contribution < 1.29 is 9.59 Å². The summed E-state index contributed by atoms with van der Waals surface area (Å²) in [7, 11) is 0. The van der Waals surface area contributed by atoms with E-state index in [-0.39, 0.29) is 17.9 Å². The lowest BCUT2D eigenvalue weighted by molar-refractivity contribution is -0.124. The standard InChI is InChI=1S/C26H28Cl2N4O2/c27-16-2-7-21(22(28)11-16)26(9-10-26)25(34)31-18-12-19-5-6-20(13-18)32(19)23-8-1-15(14-29-23)24(33)30-17-3-4-17/h1-2,7-8,11,14,17-20H,3-6,9-10,12-13H2,(H,30,33)(H,31,34)/t18?,19-,20+. The van der Waals surface area contributed by atoms with Crippen LogP contribution in [0.3, 0.4) is 0 Å². The molecule has 1 aromatic heterocycles. The summed E-state index contributed by atoms with van der Waals surface area (Å²) in [6, 6.07) is 10.4. The molecule has 1 aromatic carbocycles. The number of carbonyl (C=O) groups is 2. The molecule has 1 unspecified atom stereocenters. The normalized spacial score (nSPS) is 26.8. The third kappa shape index (κ3) is 4.05. The van der Waals surface area contributed by atoms with E-state index in [1.165, 1.54) is 0 Å². The van der Waals surface area contributed by atoms with Crippen LogP contribution in [0.5, 0.6) is 0 Å². The van der Waals surface area contributed by atoms with E-state index < -0.39 is 5.41 Å². The maximum atomic E-state index is 13.3. The first kappa shape index (κ1) is 22.2. The summed E-state index contributed by atoms with van der Waals surface area (Å²) in [6.45, 7) is 0. The van der Waals surface area contributed by atoms with E-state index in [4.69, 9.17) is 23.2 Å². The Bertz CT molecular complexity index is 1120. The van der Waals surface area contributed by atoms with E-state index in [0.29, 0.717) is 33.7 Å². The van der Waals surface area contributed by atoms with Gasteiger partial charge in [-0.1, -0.05) is 29.3 Å². The van der Waals surface area contributed by atoms with Crippen LogP contribution in [-0.4, -0.2) is 41.0 Å². The smallest absolute Gasteiger partial charge is 0.253 e. The van der Waals surface area contributed by atoms with Crippen molar-refractivity contribution in [3.63, 3.8) is 0 Å². The maximum absolute atomic E-state index is 13.3. The Kier molecular flexibility index (Phi) is 5.49. The molecule has 2 aliphatic carbocycles. The molecule has 0 spiro atoms. The number of pyridine rings is 1. The van der Waals surface area contributed by atoms with Crippen LogP contribution in [-0.2, 0) is 10.2 Å². The van der Waals surface area contributed by atoms with Crippen LogP contribution in [0.2, 0.25) is 10.0 Å². The van der Waals surface area contributed by atoms with Crippen molar-refractivity contribution in [3.8, 4) is 0 Å². The highest BCUT2D eigenvalue weighted by atomic mass is 35.5. The summed E-state index contributed by atoms with van der Waals surface area (Å²) in [4.78, 5) is 32.6. The quantitative estimate of drug-likeness (QED) is 0.608. The Balaban J connectivity index is 1.11. The molecule has 2 saturated carbocycles. The van der Waals surface area contributed by atoms with Crippen LogP contribution in [0.1, 0.15) is 67.3 Å². The Hall–Kier alpha value is -2.31. The third-order valence-electron chi connectivity index (χ3n) is 7.89. The fraction of sp³-hybridized carbons (Fsp3) is 0.500. The summed E-state index contributed by atoms with van der Waals surface area (Å²) in [5.41, 5.74) is 0.975. The fourth-order valence-corrected chi connectivity index (χ4v) is 6.37. The summed E-state index contributed by atoms with van der Waals surface area (Å²) in [5.74, 6) is 0.964. The molecule has 0 radical (unpaired) electrons. The molecular weight excluding hydrogens is 471 g/mol. The number of hydrogen-bond donors (Lipinski definition) is 2. The number of piperidine rings is 1. The van der Waals surface area contributed by atoms with Gasteiger partial charge in [0.25, 0.3) is 5.91 Å². The summed E-state index contributed by atoms with van der Waals surface area (Å²) < 4.78 is 0. The number of fused-ring (bicyclic) bond motifs is 2. The van der Waals surface area contributed by atoms with Crippen molar-refractivity contribution in [2.75, 3.05) is 4.90 Å². The summed E-state index contributed by atoms with van der Waals surface area (Å²) in [6.07, 6.45) is 9.45. The van der Waals surface area contributed by atoms with Crippen molar-refractivity contribution in [2.45, 2.75) is 80.9 Å². The van der Waals surface area contributed by atoms with E-state index in [9.17, 15) is 9.59 Å². The molecule has 6 rings (SSSR count). The van der Waals surface area contributed by atoms with Crippen molar-refractivity contribution >= 4 is 40.8 Å². The van der Waals surface area contributed by atoms with Crippen molar-refractivity contribution in [2.24, 2.45) is 0 Å². The number of aromatic nitrogens is 1. The van der Waals surface area contributed by atoms with Gasteiger partial charge in [0.2, 0.25) is 5.91 Å². The predicted octanol–water partition coefficient (Wildman–Crippen LogP) is 4.63. The number of hydrogen-bond acceptors (Lipinski definition) is 4. The zero-order valence-corrected chi connectivity index (χ0v) is 20.4. The van der Waals surface area contributed by atoms with Gasteiger partial charge in [0.05, 0.1) is 11.0 Å². The van der Waals surface area contributed by atoms with E-state index in [1.807, 2.05) is 24.3 Å². The topological polar surface area (TPSA) is 74.3 Å². The van der Waals surface area contributed by atoms with Gasteiger partial charge in [0.1, 0.15) is 5.82 Å². The fourth-order valence-electron chi connectivity index (χ4n) is 5.78. The van der Waals surface area contributed by atoms with Crippen molar-refractivity contribution in [1.82, 2.24) is 15.6 Å². The van der Waals surface area contributed by atoms with E-state index in [0.717, 1.165) is 62.7 Å². The van der Waals surface area contributed by atoms with E-state index in [2.05, 4.69) is 20.5 Å². The monoisotopic (exact) mass is 498 g/mol. The van der Waals surface area contributed by atoms with Crippen LogP contribution < -0.4 is 15.5 Å². The molecule has 2 N–H and O–H groups in total.